The number of thiophene rings is 1. The van der Waals surface area contributed by atoms with Crippen molar-refractivity contribution in [1.29, 1.82) is 0 Å². The van der Waals surface area contributed by atoms with Gasteiger partial charge in [-0.05, 0) is 19.4 Å². The van der Waals surface area contributed by atoms with Gasteiger partial charge in [-0.2, -0.15) is 15.0 Å². The summed E-state index contributed by atoms with van der Waals surface area (Å²) in [5.74, 6) is 1.65. The van der Waals surface area contributed by atoms with Crippen LogP contribution in [0.15, 0.2) is 17.0 Å². The number of unbranched alkanes of at least 4 members (excludes halogenated alkanes) is 2. The molecule has 8 heteroatoms. The fourth-order valence-electron chi connectivity index (χ4n) is 2.60. The van der Waals surface area contributed by atoms with Gasteiger partial charge in [0.15, 0.2) is 11.5 Å². The molecule has 7 nitrogen and oxygen atoms in total. The third-order valence-electron chi connectivity index (χ3n) is 4.09. The first-order chi connectivity index (χ1) is 12.2. The number of nitrogens with two attached hydrogens (primary N) is 1. The van der Waals surface area contributed by atoms with E-state index in [0.717, 1.165) is 49.5 Å². The largest absolute Gasteiger partial charge is 0.488 e. The normalized spacial score (nSPS) is 15.9. The Bertz CT molecular complexity index is 635. The molecule has 138 valence electrons. The molecule has 0 fully saturated rings. The summed E-state index contributed by atoms with van der Waals surface area (Å²) >= 11 is 1.59. The van der Waals surface area contributed by atoms with Crippen LogP contribution in [-0.2, 0) is 17.9 Å². The lowest BCUT2D eigenvalue weighted by Gasteiger charge is -2.25. The SMILES string of the molecule is CC1(COCc2cnn(CCCCCN)n2)COc2cscc2OC1. The van der Waals surface area contributed by atoms with Gasteiger partial charge in [-0.25, -0.2) is 0 Å². The van der Waals surface area contributed by atoms with Gasteiger partial charge in [0.25, 0.3) is 0 Å². The first kappa shape index (κ1) is 18.2. The Labute approximate surface area is 152 Å². The molecule has 1 aliphatic heterocycles. The number of rotatable bonds is 9. The van der Waals surface area contributed by atoms with Crippen molar-refractivity contribution in [2.45, 2.75) is 39.3 Å². The monoisotopic (exact) mass is 366 g/mol. The van der Waals surface area contributed by atoms with Gasteiger partial charge >= 0.3 is 0 Å². The molecule has 3 heterocycles. The van der Waals surface area contributed by atoms with Gasteiger partial charge in [0.1, 0.15) is 5.69 Å². The Kier molecular flexibility index (Phi) is 6.28. The molecule has 0 saturated carbocycles. The van der Waals surface area contributed by atoms with Gasteiger partial charge in [0.2, 0.25) is 0 Å². The molecule has 0 atom stereocenters. The summed E-state index contributed by atoms with van der Waals surface area (Å²) in [6, 6.07) is 0. The number of hydrogen-bond donors (Lipinski definition) is 1. The van der Waals surface area contributed by atoms with E-state index < -0.39 is 0 Å². The minimum absolute atomic E-state index is 0.186. The van der Waals surface area contributed by atoms with Crippen molar-refractivity contribution in [3.63, 3.8) is 0 Å². The Hall–Kier alpha value is -1.64. The molecule has 2 N–H and O–H groups in total. The van der Waals surface area contributed by atoms with Crippen molar-refractivity contribution >= 4 is 11.3 Å². The van der Waals surface area contributed by atoms with E-state index in [1.165, 1.54) is 0 Å². The van der Waals surface area contributed by atoms with Crippen molar-refractivity contribution in [2.24, 2.45) is 11.1 Å². The van der Waals surface area contributed by atoms with Crippen molar-refractivity contribution in [2.75, 3.05) is 26.4 Å². The molecule has 0 unspecified atom stereocenters. The van der Waals surface area contributed by atoms with Crippen LogP contribution in [0.1, 0.15) is 31.9 Å². The van der Waals surface area contributed by atoms with Gasteiger partial charge < -0.3 is 19.9 Å². The second-order valence-electron chi connectivity index (χ2n) is 6.76. The van der Waals surface area contributed by atoms with E-state index in [1.807, 2.05) is 10.8 Å². The van der Waals surface area contributed by atoms with E-state index >= 15 is 0 Å². The zero-order valence-electron chi connectivity index (χ0n) is 14.6. The molecule has 25 heavy (non-hydrogen) atoms. The Morgan fingerprint density at radius 2 is 2.00 bits per heavy atom. The number of fused-ring (bicyclic) bond motifs is 1. The van der Waals surface area contributed by atoms with Crippen LogP contribution >= 0.6 is 11.3 Å². The number of nitrogens with zero attached hydrogens (tertiary/aromatic N) is 3. The molecule has 0 aromatic carbocycles. The van der Waals surface area contributed by atoms with Crippen molar-refractivity contribution < 1.29 is 14.2 Å². The average Bonchev–Trinajstić information content (AvgIpc) is 3.22. The molecule has 0 radical (unpaired) electrons. The Morgan fingerprint density at radius 3 is 2.72 bits per heavy atom. The van der Waals surface area contributed by atoms with Crippen molar-refractivity contribution in [3.8, 4) is 11.5 Å². The minimum Gasteiger partial charge on any atom is -0.488 e. The summed E-state index contributed by atoms with van der Waals surface area (Å²) < 4.78 is 17.5. The lowest BCUT2D eigenvalue weighted by molar-refractivity contribution is -0.00162. The summed E-state index contributed by atoms with van der Waals surface area (Å²) in [5, 5.41) is 12.7. The summed E-state index contributed by atoms with van der Waals surface area (Å²) in [6.45, 7) is 5.81. The van der Waals surface area contributed by atoms with Crippen LogP contribution in [0.3, 0.4) is 0 Å². The molecule has 2 aromatic heterocycles. The van der Waals surface area contributed by atoms with Crippen molar-refractivity contribution in [1.82, 2.24) is 15.0 Å². The second-order valence-corrected chi connectivity index (χ2v) is 7.51. The van der Waals surface area contributed by atoms with Crippen LogP contribution in [0.25, 0.3) is 0 Å². The predicted octanol–water partition coefficient (Wildman–Crippen LogP) is 2.46. The third kappa shape index (κ3) is 5.17. The van der Waals surface area contributed by atoms with Crippen LogP contribution in [0.5, 0.6) is 11.5 Å². The molecule has 2 aromatic rings. The minimum atomic E-state index is -0.186. The van der Waals surface area contributed by atoms with E-state index in [4.69, 9.17) is 19.9 Å². The van der Waals surface area contributed by atoms with E-state index in [9.17, 15) is 0 Å². The van der Waals surface area contributed by atoms with Gasteiger partial charge in [-0.15, -0.1) is 11.3 Å². The smallest absolute Gasteiger partial charge is 0.171 e. The maximum atomic E-state index is 5.86. The zero-order valence-corrected chi connectivity index (χ0v) is 15.5. The fraction of sp³-hybridized carbons (Fsp3) is 0.647. The molecule has 0 amide bonds. The molecule has 0 spiro atoms. The Balaban J connectivity index is 1.40. The fourth-order valence-corrected chi connectivity index (χ4v) is 3.28. The van der Waals surface area contributed by atoms with Crippen molar-refractivity contribution in [3.05, 3.63) is 22.7 Å². The van der Waals surface area contributed by atoms with E-state index in [1.54, 1.807) is 22.3 Å². The predicted molar refractivity (Wildman–Crippen MR) is 96.0 cm³/mol. The maximum absolute atomic E-state index is 5.86. The second kappa shape index (κ2) is 8.64. The highest BCUT2D eigenvalue weighted by Crippen LogP contribution is 2.36. The molecule has 0 aliphatic carbocycles. The van der Waals surface area contributed by atoms with E-state index in [2.05, 4.69) is 17.1 Å². The number of ether oxygens (including phenoxy) is 3. The quantitative estimate of drug-likeness (QED) is 0.686. The highest BCUT2D eigenvalue weighted by molar-refractivity contribution is 7.08. The maximum Gasteiger partial charge on any atom is 0.171 e. The highest BCUT2D eigenvalue weighted by Gasteiger charge is 2.31. The van der Waals surface area contributed by atoms with Gasteiger partial charge in [-0.1, -0.05) is 13.3 Å². The van der Waals surface area contributed by atoms with Crippen LogP contribution in [0, 0.1) is 5.41 Å². The molecule has 0 bridgehead atoms. The van der Waals surface area contributed by atoms with E-state index in [-0.39, 0.29) is 5.41 Å². The van der Waals surface area contributed by atoms with E-state index in [0.29, 0.717) is 26.4 Å². The molecular formula is C17H26N4O3S. The van der Waals surface area contributed by atoms with Crippen LogP contribution in [0.4, 0.5) is 0 Å². The number of hydrogen-bond acceptors (Lipinski definition) is 7. The first-order valence-electron chi connectivity index (χ1n) is 8.67. The lowest BCUT2D eigenvalue weighted by Crippen LogP contribution is -2.35. The zero-order chi connectivity index (χ0) is 17.5. The number of aryl methyl sites for hydroxylation is 1. The van der Waals surface area contributed by atoms with Crippen LogP contribution < -0.4 is 15.2 Å². The third-order valence-corrected chi connectivity index (χ3v) is 4.79. The summed E-state index contributed by atoms with van der Waals surface area (Å²) in [7, 11) is 0. The number of aromatic nitrogens is 3. The topological polar surface area (TPSA) is 84.4 Å². The van der Waals surface area contributed by atoms with Gasteiger partial charge in [0.05, 0.1) is 44.6 Å². The standard InChI is InChI=1S/C17H26N4O3S/c1-17(12-23-15-9-25-10-16(15)24-13-17)11-22-8-14-7-19-21(20-14)6-4-2-3-5-18/h7,9-10H,2-6,8,11-13,18H2,1H3. The summed E-state index contributed by atoms with van der Waals surface area (Å²) in [6.07, 6.45) is 4.96. The highest BCUT2D eigenvalue weighted by atomic mass is 32.1. The molecule has 0 saturated heterocycles. The molecular weight excluding hydrogens is 340 g/mol. The van der Waals surface area contributed by atoms with Crippen LogP contribution in [0.2, 0.25) is 0 Å². The molecule has 1 aliphatic rings. The van der Waals surface area contributed by atoms with Gasteiger partial charge in [-0.3, -0.25) is 0 Å². The molecule has 3 rings (SSSR count). The average molecular weight is 366 g/mol. The van der Waals surface area contributed by atoms with Crippen LogP contribution in [-0.4, -0.2) is 41.4 Å². The summed E-state index contributed by atoms with van der Waals surface area (Å²) in [4.78, 5) is 1.73. The van der Waals surface area contributed by atoms with Gasteiger partial charge in [0, 0.05) is 10.8 Å². The first-order valence-corrected chi connectivity index (χ1v) is 9.61. The summed E-state index contributed by atoms with van der Waals surface area (Å²) in [5.41, 5.74) is 6.15. The lowest BCUT2D eigenvalue weighted by atomic mass is 9.94. The Morgan fingerprint density at radius 1 is 1.24 bits per heavy atom.